The molecule has 1 aliphatic heterocycles. The maximum absolute atomic E-state index is 9.50. The Labute approximate surface area is 119 Å². The van der Waals surface area contributed by atoms with E-state index >= 15 is 0 Å². The Balaban J connectivity index is 1.88. The zero-order valence-corrected chi connectivity index (χ0v) is 12.0. The monoisotopic (exact) mass is 323 g/mol. The number of benzene rings is 1. The minimum atomic E-state index is -0.341. The number of hydrogen-bond acceptors (Lipinski definition) is 5. The molecule has 2 atom stereocenters. The van der Waals surface area contributed by atoms with Gasteiger partial charge in [-0.2, -0.15) is 4.98 Å². The molecular formula is C13H14BrN3O2. The number of aliphatic hydroxyl groups excluding tert-OH is 1. The predicted molar refractivity (Wildman–Crippen MR) is 73.5 cm³/mol. The van der Waals surface area contributed by atoms with Crippen molar-refractivity contribution in [1.82, 2.24) is 15.5 Å². The van der Waals surface area contributed by atoms with Crippen LogP contribution in [0.25, 0.3) is 11.4 Å². The number of aryl methyl sites for hydroxylation is 1. The topological polar surface area (TPSA) is 71.2 Å². The fourth-order valence-electron chi connectivity index (χ4n) is 2.19. The van der Waals surface area contributed by atoms with Crippen LogP contribution in [0.2, 0.25) is 0 Å². The molecule has 1 fully saturated rings. The Bertz CT molecular complexity index is 599. The molecule has 100 valence electrons. The SMILES string of the molecule is Cc1ccc(-c2noc([C@@H]3CC(O)CN3)n2)c(Br)c1. The minimum absolute atomic E-state index is 0.0551. The van der Waals surface area contributed by atoms with Crippen molar-refractivity contribution in [2.24, 2.45) is 0 Å². The highest BCUT2D eigenvalue weighted by atomic mass is 79.9. The van der Waals surface area contributed by atoms with Crippen LogP contribution in [0.4, 0.5) is 0 Å². The molecule has 19 heavy (non-hydrogen) atoms. The van der Waals surface area contributed by atoms with Crippen LogP contribution in [0, 0.1) is 6.92 Å². The Morgan fingerprint density at radius 1 is 1.47 bits per heavy atom. The van der Waals surface area contributed by atoms with Gasteiger partial charge < -0.3 is 14.9 Å². The quantitative estimate of drug-likeness (QED) is 0.886. The molecule has 3 rings (SSSR count). The van der Waals surface area contributed by atoms with Crippen LogP contribution < -0.4 is 5.32 Å². The normalized spacial score (nSPS) is 22.9. The van der Waals surface area contributed by atoms with E-state index in [0.717, 1.165) is 10.0 Å². The zero-order chi connectivity index (χ0) is 13.4. The van der Waals surface area contributed by atoms with E-state index in [1.165, 1.54) is 5.56 Å². The van der Waals surface area contributed by atoms with Crippen molar-refractivity contribution in [3.63, 3.8) is 0 Å². The zero-order valence-electron chi connectivity index (χ0n) is 10.4. The molecule has 0 radical (unpaired) electrons. The van der Waals surface area contributed by atoms with E-state index in [-0.39, 0.29) is 12.1 Å². The van der Waals surface area contributed by atoms with Crippen molar-refractivity contribution in [2.45, 2.75) is 25.5 Å². The number of β-amino-alcohol motifs (C(OH)–C–C–N with tert-alkyl or cyclic N) is 1. The van der Waals surface area contributed by atoms with Crippen LogP contribution in [0.1, 0.15) is 23.9 Å². The second kappa shape index (κ2) is 5.03. The van der Waals surface area contributed by atoms with Crippen LogP contribution >= 0.6 is 15.9 Å². The lowest BCUT2D eigenvalue weighted by Crippen LogP contribution is -2.15. The number of aromatic nitrogens is 2. The number of nitrogens with zero attached hydrogens (tertiary/aromatic N) is 2. The molecule has 2 heterocycles. The van der Waals surface area contributed by atoms with E-state index < -0.39 is 0 Å². The molecule has 5 nitrogen and oxygen atoms in total. The number of rotatable bonds is 2. The molecule has 2 N–H and O–H groups in total. The van der Waals surface area contributed by atoms with Crippen molar-refractivity contribution < 1.29 is 9.63 Å². The third-order valence-corrected chi connectivity index (χ3v) is 3.87. The molecule has 0 spiro atoms. The molecule has 0 aliphatic carbocycles. The molecule has 1 saturated heterocycles. The third kappa shape index (κ3) is 2.56. The van der Waals surface area contributed by atoms with E-state index in [1.54, 1.807) is 0 Å². The maximum atomic E-state index is 9.50. The van der Waals surface area contributed by atoms with Crippen LogP contribution in [0.15, 0.2) is 27.2 Å². The number of aliphatic hydroxyl groups is 1. The van der Waals surface area contributed by atoms with Crippen molar-refractivity contribution in [3.05, 3.63) is 34.1 Å². The van der Waals surface area contributed by atoms with Gasteiger partial charge in [0.1, 0.15) is 0 Å². The van der Waals surface area contributed by atoms with Crippen molar-refractivity contribution >= 4 is 15.9 Å². The summed E-state index contributed by atoms with van der Waals surface area (Å²) in [4.78, 5) is 4.41. The minimum Gasteiger partial charge on any atom is -0.392 e. The summed E-state index contributed by atoms with van der Waals surface area (Å²) in [6.45, 7) is 2.59. The van der Waals surface area contributed by atoms with Crippen LogP contribution in [0.5, 0.6) is 0 Å². The fraction of sp³-hybridized carbons (Fsp3) is 0.385. The summed E-state index contributed by atoms with van der Waals surface area (Å²) in [5.41, 5.74) is 2.07. The highest BCUT2D eigenvalue weighted by molar-refractivity contribution is 9.10. The summed E-state index contributed by atoms with van der Waals surface area (Å²) >= 11 is 3.51. The molecule has 0 bridgehead atoms. The summed E-state index contributed by atoms with van der Waals surface area (Å²) < 4.78 is 6.22. The van der Waals surface area contributed by atoms with Crippen LogP contribution in [-0.4, -0.2) is 27.9 Å². The third-order valence-electron chi connectivity index (χ3n) is 3.21. The van der Waals surface area contributed by atoms with E-state index in [2.05, 4.69) is 31.4 Å². The second-order valence-corrected chi connectivity index (χ2v) is 5.64. The number of hydrogen-bond donors (Lipinski definition) is 2. The Kier molecular flexibility index (Phi) is 3.38. The number of halogens is 1. The molecule has 2 aromatic rings. The Morgan fingerprint density at radius 3 is 3.00 bits per heavy atom. The molecule has 6 heteroatoms. The first-order valence-electron chi connectivity index (χ1n) is 6.15. The lowest BCUT2D eigenvalue weighted by atomic mass is 10.1. The molecule has 1 unspecified atom stereocenters. The molecule has 0 amide bonds. The predicted octanol–water partition coefficient (Wildman–Crippen LogP) is 2.20. The highest BCUT2D eigenvalue weighted by Crippen LogP contribution is 2.29. The van der Waals surface area contributed by atoms with Crippen molar-refractivity contribution in [2.75, 3.05) is 6.54 Å². The Morgan fingerprint density at radius 2 is 2.32 bits per heavy atom. The average molecular weight is 324 g/mol. The molecule has 1 aromatic heterocycles. The van der Waals surface area contributed by atoms with E-state index in [4.69, 9.17) is 4.52 Å². The van der Waals surface area contributed by atoms with Crippen molar-refractivity contribution in [1.29, 1.82) is 0 Å². The van der Waals surface area contributed by atoms with Gasteiger partial charge in [-0.25, -0.2) is 0 Å². The number of nitrogens with one attached hydrogen (secondary N) is 1. The van der Waals surface area contributed by atoms with Crippen molar-refractivity contribution in [3.8, 4) is 11.4 Å². The molecular weight excluding hydrogens is 310 g/mol. The summed E-state index contributed by atoms with van der Waals surface area (Å²) in [6, 6.07) is 5.93. The van der Waals surface area contributed by atoms with E-state index in [0.29, 0.717) is 24.7 Å². The standard InChI is InChI=1S/C13H14BrN3O2/c1-7-2-3-9(10(14)4-7)12-16-13(19-17-12)11-5-8(18)6-15-11/h2-4,8,11,15,18H,5-6H2,1H3/t8?,11-/m0/s1. The van der Waals surface area contributed by atoms with E-state index in [9.17, 15) is 5.11 Å². The van der Waals surface area contributed by atoms with Gasteiger partial charge >= 0.3 is 0 Å². The van der Waals surface area contributed by atoms with Gasteiger partial charge in [0.05, 0.1) is 12.1 Å². The largest absolute Gasteiger partial charge is 0.392 e. The first kappa shape index (κ1) is 12.8. The van der Waals surface area contributed by atoms with Gasteiger partial charge in [0.2, 0.25) is 11.7 Å². The smallest absolute Gasteiger partial charge is 0.244 e. The first-order chi connectivity index (χ1) is 9.13. The molecule has 1 aromatic carbocycles. The van der Waals surface area contributed by atoms with Gasteiger partial charge in [0.15, 0.2) is 0 Å². The maximum Gasteiger partial charge on any atom is 0.244 e. The summed E-state index contributed by atoms with van der Waals surface area (Å²) in [5.74, 6) is 1.09. The lowest BCUT2D eigenvalue weighted by Gasteiger charge is -2.02. The average Bonchev–Trinajstić information content (AvgIpc) is 2.97. The van der Waals surface area contributed by atoms with Gasteiger partial charge in [0, 0.05) is 16.6 Å². The fourth-order valence-corrected chi connectivity index (χ4v) is 2.86. The summed E-state index contributed by atoms with van der Waals surface area (Å²) in [7, 11) is 0. The lowest BCUT2D eigenvalue weighted by molar-refractivity contribution is 0.191. The van der Waals surface area contributed by atoms with Crippen LogP contribution in [-0.2, 0) is 0 Å². The van der Waals surface area contributed by atoms with Gasteiger partial charge in [-0.1, -0.05) is 27.2 Å². The Hall–Kier alpha value is -1.24. The van der Waals surface area contributed by atoms with Gasteiger partial charge in [-0.15, -0.1) is 0 Å². The second-order valence-electron chi connectivity index (χ2n) is 4.79. The first-order valence-corrected chi connectivity index (χ1v) is 6.94. The molecule has 0 saturated carbocycles. The van der Waals surface area contributed by atoms with E-state index in [1.807, 2.05) is 25.1 Å². The van der Waals surface area contributed by atoms with Gasteiger partial charge in [-0.3, -0.25) is 0 Å². The van der Waals surface area contributed by atoms with Gasteiger partial charge in [-0.05, 0) is 31.0 Å². The van der Waals surface area contributed by atoms with Crippen LogP contribution in [0.3, 0.4) is 0 Å². The van der Waals surface area contributed by atoms with Gasteiger partial charge in [0.25, 0.3) is 0 Å². The summed E-state index contributed by atoms with van der Waals surface area (Å²) in [6.07, 6.45) is 0.267. The molecule has 1 aliphatic rings. The highest BCUT2D eigenvalue weighted by Gasteiger charge is 2.28. The summed E-state index contributed by atoms with van der Waals surface area (Å²) in [5, 5.41) is 16.7.